The Balaban J connectivity index is 2.36. The van der Waals surface area contributed by atoms with Crippen LogP contribution in [0.15, 0.2) is 40.3 Å². The molecule has 0 saturated carbocycles. The lowest BCUT2D eigenvalue weighted by atomic mass is 10.2. The average Bonchev–Trinajstić information content (AvgIpc) is 2.30. The second-order valence-electron chi connectivity index (χ2n) is 3.72. The molecule has 0 N–H and O–H groups in total. The van der Waals surface area contributed by atoms with Gasteiger partial charge in [0.1, 0.15) is 10.2 Å². The average molecular weight is 305 g/mol. The van der Waals surface area contributed by atoms with Gasteiger partial charge in [0, 0.05) is 11.0 Å². The minimum absolute atomic E-state index is 0.168. The summed E-state index contributed by atoms with van der Waals surface area (Å²) in [4.78, 5) is 7.49. The number of rotatable bonds is 2. The zero-order chi connectivity index (χ0) is 14.0. The molecule has 1 aromatic heterocycles. The summed E-state index contributed by atoms with van der Waals surface area (Å²) in [6, 6.07) is 8.66. The van der Waals surface area contributed by atoms with Crippen molar-refractivity contribution < 1.29 is 13.2 Å². The monoisotopic (exact) mass is 304 g/mol. The van der Waals surface area contributed by atoms with E-state index in [1.54, 1.807) is 0 Å². The maximum atomic E-state index is 12.6. The molecule has 0 aliphatic rings. The van der Waals surface area contributed by atoms with Crippen LogP contribution in [-0.4, -0.2) is 9.97 Å². The SMILES string of the molecule is Cc1ccccc1Sc1cc(Cl)nc(C(F)(F)F)n1. The summed E-state index contributed by atoms with van der Waals surface area (Å²) < 4.78 is 37.7. The Kier molecular flexibility index (Phi) is 4.01. The summed E-state index contributed by atoms with van der Waals surface area (Å²) in [6.45, 7) is 1.87. The molecule has 2 rings (SSSR count). The van der Waals surface area contributed by atoms with Gasteiger partial charge in [0.25, 0.3) is 0 Å². The van der Waals surface area contributed by atoms with Gasteiger partial charge < -0.3 is 0 Å². The Labute approximate surface area is 117 Å². The van der Waals surface area contributed by atoms with Gasteiger partial charge >= 0.3 is 6.18 Å². The molecular weight excluding hydrogens is 297 g/mol. The van der Waals surface area contributed by atoms with E-state index in [0.717, 1.165) is 22.2 Å². The largest absolute Gasteiger partial charge is 0.451 e. The first-order valence-corrected chi connectivity index (χ1v) is 6.41. The third kappa shape index (κ3) is 3.61. The van der Waals surface area contributed by atoms with Crippen LogP contribution in [0.1, 0.15) is 11.4 Å². The molecule has 0 aliphatic carbocycles. The van der Waals surface area contributed by atoms with E-state index in [1.807, 2.05) is 31.2 Å². The molecule has 100 valence electrons. The van der Waals surface area contributed by atoms with Crippen LogP contribution in [0.5, 0.6) is 0 Å². The Hall–Kier alpha value is -1.27. The smallest absolute Gasteiger partial charge is 0.217 e. The second kappa shape index (κ2) is 5.38. The van der Waals surface area contributed by atoms with Crippen LogP contribution in [-0.2, 0) is 6.18 Å². The third-order valence-corrected chi connectivity index (χ3v) is 3.52. The first kappa shape index (κ1) is 14.1. The van der Waals surface area contributed by atoms with Crippen LogP contribution in [0, 0.1) is 6.92 Å². The Morgan fingerprint density at radius 1 is 1.16 bits per heavy atom. The molecule has 2 nitrogen and oxygen atoms in total. The highest BCUT2D eigenvalue weighted by Gasteiger charge is 2.35. The molecule has 2 aromatic rings. The van der Waals surface area contributed by atoms with Crippen LogP contribution in [0.4, 0.5) is 13.2 Å². The molecule has 7 heteroatoms. The molecule has 19 heavy (non-hydrogen) atoms. The molecule has 0 aliphatic heterocycles. The lowest BCUT2D eigenvalue weighted by Gasteiger charge is -2.08. The van der Waals surface area contributed by atoms with E-state index < -0.39 is 12.0 Å². The number of nitrogens with zero attached hydrogens (tertiary/aromatic N) is 2. The molecular formula is C12H8ClF3N2S. The van der Waals surface area contributed by atoms with Gasteiger partial charge in [-0.15, -0.1) is 0 Å². The van der Waals surface area contributed by atoms with Crippen LogP contribution in [0.3, 0.4) is 0 Å². The zero-order valence-corrected chi connectivity index (χ0v) is 11.3. The summed E-state index contributed by atoms with van der Waals surface area (Å²) in [6.07, 6.45) is -4.61. The number of aromatic nitrogens is 2. The standard InChI is InChI=1S/C12H8ClF3N2S/c1-7-4-2-3-5-8(7)19-10-6-9(13)17-11(18-10)12(14,15)16/h2-6H,1H3. The Morgan fingerprint density at radius 2 is 1.84 bits per heavy atom. The number of aryl methyl sites for hydroxylation is 1. The molecule has 0 amide bonds. The highest BCUT2D eigenvalue weighted by atomic mass is 35.5. The maximum Gasteiger partial charge on any atom is 0.451 e. The van der Waals surface area contributed by atoms with Gasteiger partial charge in [-0.3, -0.25) is 0 Å². The van der Waals surface area contributed by atoms with Crippen LogP contribution in [0.2, 0.25) is 5.15 Å². The first-order chi connectivity index (χ1) is 8.86. The van der Waals surface area contributed by atoms with E-state index in [0.29, 0.717) is 0 Å². The highest BCUT2D eigenvalue weighted by molar-refractivity contribution is 7.99. The maximum absolute atomic E-state index is 12.6. The van der Waals surface area contributed by atoms with Crippen LogP contribution < -0.4 is 0 Å². The third-order valence-electron chi connectivity index (χ3n) is 2.23. The predicted octanol–water partition coefficient (Wildman–Crippen LogP) is 4.61. The Morgan fingerprint density at radius 3 is 2.47 bits per heavy atom. The summed E-state index contributed by atoms with van der Waals surface area (Å²) in [5.41, 5.74) is 0.954. The number of hydrogen-bond acceptors (Lipinski definition) is 3. The van der Waals surface area contributed by atoms with Crippen molar-refractivity contribution in [1.29, 1.82) is 0 Å². The van der Waals surface area contributed by atoms with Gasteiger partial charge in [0.2, 0.25) is 5.82 Å². The number of benzene rings is 1. The van der Waals surface area contributed by atoms with Crippen LogP contribution in [0.25, 0.3) is 0 Å². The fourth-order valence-corrected chi connectivity index (χ4v) is 2.51. The van der Waals surface area contributed by atoms with E-state index in [1.165, 1.54) is 6.07 Å². The molecule has 0 spiro atoms. The molecule has 0 unspecified atom stereocenters. The summed E-state index contributed by atoms with van der Waals surface area (Å²) >= 11 is 6.72. The summed E-state index contributed by atoms with van der Waals surface area (Å²) in [7, 11) is 0. The normalized spacial score (nSPS) is 11.6. The minimum atomic E-state index is -4.61. The molecule has 1 aromatic carbocycles. The van der Waals surface area contributed by atoms with E-state index in [9.17, 15) is 13.2 Å². The van der Waals surface area contributed by atoms with Crippen molar-refractivity contribution in [3.63, 3.8) is 0 Å². The number of hydrogen-bond donors (Lipinski definition) is 0. The predicted molar refractivity (Wildman–Crippen MR) is 67.3 cm³/mol. The highest BCUT2D eigenvalue weighted by Crippen LogP contribution is 2.33. The topological polar surface area (TPSA) is 25.8 Å². The van der Waals surface area contributed by atoms with Crippen molar-refractivity contribution in [2.45, 2.75) is 23.0 Å². The van der Waals surface area contributed by atoms with Gasteiger partial charge in [-0.05, 0) is 18.6 Å². The van der Waals surface area contributed by atoms with E-state index in [-0.39, 0.29) is 10.2 Å². The van der Waals surface area contributed by atoms with Crippen molar-refractivity contribution in [2.24, 2.45) is 0 Å². The fourth-order valence-electron chi connectivity index (χ4n) is 1.36. The number of halogens is 4. The molecule has 0 fully saturated rings. The van der Waals surface area contributed by atoms with Crippen molar-refractivity contribution in [1.82, 2.24) is 9.97 Å². The van der Waals surface area contributed by atoms with Gasteiger partial charge in [-0.25, -0.2) is 9.97 Å². The minimum Gasteiger partial charge on any atom is -0.217 e. The molecule has 1 heterocycles. The summed E-state index contributed by atoms with van der Waals surface area (Å²) in [5, 5.41) is -0.0555. The summed E-state index contributed by atoms with van der Waals surface area (Å²) in [5.74, 6) is -1.23. The van der Waals surface area contributed by atoms with Crippen LogP contribution >= 0.6 is 23.4 Å². The number of alkyl halides is 3. The van der Waals surface area contributed by atoms with Crippen molar-refractivity contribution in [3.05, 3.63) is 46.9 Å². The van der Waals surface area contributed by atoms with E-state index in [2.05, 4.69) is 9.97 Å². The Bertz CT molecular complexity index is 602. The zero-order valence-electron chi connectivity index (χ0n) is 9.70. The quantitative estimate of drug-likeness (QED) is 0.758. The van der Waals surface area contributed by atoms with Gasteiger partial charge in [-0.1, -0.05) is 41.6 Å². The fraction of sp³-hybridized carbons (Fsp3) is 0.167. The molecule has 0 radical (unpaired) electrons. The molecule has 0 atom stereocenters. The van der Waals surface area contributed by atoms with Crippen molar-refractivity contribution >= 4 is 23.4 Å². The van der Waals surface area contributed by atoms with Gasteiger partial charge in [0.15, 0.2) is 0 Å². The van der Waals surface area contributed by atoms with Gasteiger partial charge in [-0.2, -0.15) is 13.2 Å². The van der Waals surface area contributed by atoms with Gasteiger partial charge in [0.05, 0.1) is 0 Å². The first-order valence-electron chi connectivity index (χ1n) is 5.21. The van der Waals surface area contributed by atoms with Crippen molar-refractivity contribution in [3.8, 4) is 0 Å². The van der Waals surface area contributed by atoms with E-state index >= 15 is 0 Å². The molecule has 0 bridgehead atoms. The molecule has 0 saturated heterocycles. The van der Waals surface area contributed by atoms with Crippen molar-refractivity contribution in [2.75, 3.05) is 0 Å². The lowest BCUT2D eigenvalue weighted by molar-refractivity contribution is -0.145. The lowest BCUT2D eigenvalue weighted by Crippen LogP contribution is -2.11. The second-order valence-corrected chi connectivity index (χ2v) is 5.17. The van der Waals surface area contributed by atoms with E-state index in [4.69, 9.17) is 11.6 Å².